The minimum absolute atomic E-state index is 0.147. The second-order valence-corrected chi connectivity index (χ2v) is 4.45. The molecular weight excluding hydrogens is 216 g/mol. The molecule has 17 heavy (non-hydrogen) atoms. The lowest BCUT2D eigenvalue weighted by Gasteiger charge is -2.31. The highest BCUT2D eigenvalue weighted by molar-refractivity contribution is 5.12. The van der Waals surface area contributed by atoms with Gasteiger partial charge < -0.3 is 14.8 Å². The van der Waals surface area contributed by atoms with Crippen LogP contribution in [0.3, 0.4) is 0 Å². The van der Waals surface area contributed by atoms with E-state index in [4.69, 9.17) is 9.47 Å². The zero-order chi connectivity index (χ0) is 12.1. The Bertz CT molecular complexity index is 340. The van der Waals surface area contributed by atoms with Gasteiger partial charge in [-0.2, -0.15) is 0 Å². The van der Waals surface area contributed by atoms with E-state index in [9.17, 15) is 0 Å². The number of ether oxygens (including phenoxy) is 2. The molecular formula is C13H20N2O2. The summed E-state index contributed by atoms with van der Waals surface area (Å²) in [6.45, 7) is 4.31. The fraction of sp³-hybridized carbons (Fsp3) is 0.615. The van der Waals surface area contributed by atoms with Gasteiger partial charge >= 0.3 is 0 Å². The normalized spacial score (nSPS) is 24.8. The van der Waals surface area contributed by atoms with E-state index in [1.807, 2.05) is 13.1 Å². The summed E-state index contributed by atoms with van der Waals surface area (Å²) in [7, 11) is 1.73. The maximum Gasteiger partial charge on any atom is 0.0958 e. The molecule has 2 atom stereocenters. The molecule has 0 aromatic carbocycles. The first kappa shape index (κ1) is 12.5. The summed E-state index contributed by atoms with van der Waals surface area (Å²) < 4.78 is 10.8. The molecule has 0 radical (unpaired) electrons. The molecule has 4 heteroatoms. The Morgan fingerprint density at radius 3 is 3.12 bits per heavy atom. The predicted molar refractivity (Wildman–Crippen MR) is 65.8 cm³/mol. The zero-order valence-electron chi connectivity index (χ0n) is 10.5. The van der Waals surface area contributed by atoms with Crippen LogP contribution in [0.25, 0.3) is 0 Å². The number of hydrogen-bond donors (Lipinski definition) is 1. The Hall–Kier alpha value is -0.970. The third kappa shape index (κ3) is 3.49. The van der Waals surface area contributed by atoms with Crippen molar-refractivity contribution in [2.75, 3.05) is 20.3 Å². The smallest absolute Gasteiger partial charge is 0.0958 e. The summed E-state index contributed by atoms with van der Waals surface area (Å²) in [5.41, 5.74) is 2.26. The summed E-state index contributed by atoms with van der Waals surface area (Å²) in [5, 5.41) is 3.49. The molecule has 0 saturated carbocycles. The first-order chi connectivity index (χ1) is 8.29. The quantitative estimate of drug-likeness (QED) is 0.855. The third-order valence-electron chi connectivity index (χ3n) is 3.12. The fourth-order valence-electron chi connectivity index (χ4n) is 2.02. The maximum atomic E-state index is 5.40. The molecule has 1 aliphatic rings. The first-order valence-corrected chi connectivity index (χ1v) is 6.05. The van der Waals surface area contributed by atoms with Crippen molar-refractivity contribution in [2.24, 2.45) is 0 Å². The summed E-state index contributed by atoms with van der Waals surface area (Å²) in [5.74, 6) is 0. The number of pyridine rings is 1. The number of nitrogens with one attached hydrogen (secondary N) is 1. The average Bonchev–Trinajstić information content (AvgIpc) is 2.38. The summed E-state index contributed by atoms with van der Waals surface area (Å²) in [6.07, 6.45) is 3.04. The maximum absolute atomic E-state index is 5.40. The van der Waals surface area contributed by atoms with Gasteiger partial charge in [-0.3, -0.25) is 4.98 Å². The minimum atomic E-state index is 0.147. The van der Waals surface area contributed by atoms with Gasteiger partial charge in [0.05, 0.1) is 18.4 Å². The molecule has 1 N–H and O–H groups in total. The van der Waals surface area contributed by atoms with Crippen LogP contribution in [-0.4, -0.2) is 37.5 Å². The van der Waals surface area contributed by atoms with Crippen LogP contribution in [0.5, 0.6) is 0 Å². The Balaban J connectivity index is 1.86. The Morgan fingerprint density at radius 1 is 1.53 bits per heavy atom. The van der Waals surface area contributed by atoms with Gasteiger partial charge in [-0.05, 0) is 25.0 Å². The highest BCUT2D eigenvalue weighted by atomic mass is 16.5. The van der Waals surface area contributed by atoms with Gasteiger partial charge in [0, 0.05) is 32.5 Å². The predicted octanol–water partition coefficient (Wildman–Crippen LogP) is 1.28. The van der Waals surface area contributed by atoms with Crippen molar-refractivity contribution >= 4 is 0 Å². The lowest BCUT2D eigenvalue weighted by Crippen LogP contribution is -2.47. The number of hydrogen-bond acceptors (Lipinski definition) is 4. The number of aryl methyl sites for hydroxylation is 1. The van der Waals surface area contributed by atoms with Crippen molar-refractivity contribution in [3.05, 3.63) is 29.6 Å². The zero-order valence-corrected chi connectivity index (χ0v) is 10.5. The average molecular weight is 236 g/mol. The number of aromatic nitrogens is 1. The summed E-state index contributed by atoms with van der Waals surface area (Å²) in [4.78, 5) is 4.38. The first-order valence-electron chi connectivity index (χ1n) is 6.05. The van der Waals surface area contributed by atoms with Crippen LogP contribution in [0.1, 0.15) is 17.7 Å². The molecule has 0 unspecified atom stereocenters. The van der Waals surface area contributed by atoms with Gasteiger partial charge in [-0.25, -0.2) is 0 Å². The van der Waals surface area contributed by atoms with Crippen LogP contribution in [0.2, 0.25) is 0 Å². The molecule has 0 amide bonds. The van der Waals surface area contributed by atoms with Crippen LogP contribution < -0.4 is 5.32 Å². The van der Waals surface area contributed by atoms with E-state index in [1.165, 1.54) is 5.56 Å². The van der Waals surface area contributed by atoms with Crippen LogP contribution in [0.4, 0.5) is 0 Å². The standard InChI is InChI=1S/C13H20N2O2/c1-10-3-4-11(14-7-10)8-15-12-5-6-17-9-13(12)16-2/h3-4,7,12-13,15H,5-6,8-9H2,1-2H3/t12-,13-/m1/s1. The largest absolute Gasteiger partial charge is 0.379 e. The van der Waals surface area contributed by atoms with Gasteiger partial charge in [-0.15, -0.1) is 0 Å². The lowest BCUT2D eigenvalue weighted by atomic mass is 10.1. The van der Waals surface area contributed by atoms with Crippen molar-refractivity contribution < 1.29 is 9.47 Å². The number of rotatable bonds is 4. The molecule has 1 aromatic heterocycles. The molecule has 1 aliphatic heterocycles. The van der Waals surface area contributed by atoms with Crippen molar-refractivity contribution in [3.63, 3.8) is 0 Å². The molecule has 1 aromatic rings. The fourth-order valence-corrected chi connectivity index (χ4v) is 2.02. The van der Waals surface area contributed by atoms with E-state index in [-0.39, 0.29) is 6.10 Å². The van der Waals surface area contributed by atoms with Crippen molar-refractivity contribution in [3.8, 4) is 0 Å². The van der Waals surface area contributed by atoms with Crippen LogP contribution in [0, 0.1) is 6.92 Å². The number of nitrogens with zero attached hydrogens (tertiary/aromatic N) is 1. The topological polar surface area (TPSA) is 43.4 Å². The molecule has 2 rings (SSSR count). The highest BCUT2D eigenvalue weighted by Gasteiger charge is 2.24. The molecule has 1 fully saturated rings. The molecule has 0 bridgehead atoms. The molecule has 1 saturated heterocycles. The highest BCUT2D eigenvalue weighted by Crippen LogP contribution is 2.11. The summed E-state index contributed by atoms with van der Waals surface area (Å²) in [6, 6.07) is 4.50. The van der Waals surface area contributed by atoms with Gasteiger partial charge in [0.2, 0.25) is 0 Å². The number of methoxy groups -OCH3 is 1. The Labute approximate surface area is 102 Å². The SMILES string of the molecule is CO[C@@H]1COCC[C@H]1NCc1ccc(C)cn1. The van der Waals surface area contributed by atoms with Crippen molar-refractivity contribution in [1.82, 2.24) is 10.3 Å². The molecule has 0 aliphatic carbocycles. The van der Waals surface area contributed by atoms with E-state index in [0.29, 0.717) is 12.6 Å². The van der Waals surface area contributed by atoms with Gasteiger partial charge in [-0.1, -0.05) is 6.07 Å². The van der Waals surface area contributed by atoms with Crippen molar-refractivity contribution in [2.45, 2.75) is 32.0 Å². The lowest BCUT2D eigenvalue weighted by molar-refractivity contribution is -0.0502. The third-order valence-corrected chi connectivity index (χ3v) is 3.12. The van der Waals surface area contributed by atoms with Crippen LogP contribution in [-0.2, 0) is 16.0 Å². The van der Waals surface area contributed by atoms with E-state index >= 15 is 0 Å². The van der Waals surface area contributed by atoms with Gasteiger partial charge in [0.25, 0.3) is 0 Å². The summed E-state index contributed by atoms with van der Waals surface area (Å²) >= 11 is 0. The van der Waals surface area contributed by atoms with Crippen LogP contribution >= 0.6 is 0 Å². The monoisotopic (exact) mass is 236 g/mol. The molecule has 2 heterocycles. The van der Waals surface area contributed by atoms with Crippen molar-refractivity contribution in [1.29, 1.82) is 0 Å². The Kier molecular flexibility index (Phi) is 4.48. The van der Waals surface area contributed by atoms with Gasteiger partial charge in [0.15, 0.2) is 0 Å². The van der Waals surface area contributed by atoms with Gasteiger partial charge in [0.1, 0.15) is 0 Å². The minimum Gasteiger partial charge on any atom is -0.379 e. The molecule has 0 spiro atoms. The molecule has 94 valence electrons. The van der Waals surface area contributed by atoms with Crippen LogP contribution in [0.15, 0.2) is 18.3 Å². The van der Waals surface area contributed by atoms with E-state index in [2.05, 4.69) is 22.4 Å². The van der Waals surface area contributed by atoms with E-state index in [1.54, 1.807) is 7.11 Å². The van der Waals surface area contributed by atoms with E-state index in [0.717, 1.165) is 25.3 Å². The second-order valence-electron chi connectivity index (χ2n) is 4.45. The molecule has 4 nitrogen and oxygen atoms in total. The van der Waals surface area contributed by atoms with E-state index < -0.39 is 0 Å². The Morgan fingerprint density at radius 2 is 2.41 bits per heavy atom. The second kappa shape index (κ2) is 6.10.